The van der Waals surface area contributed by atoms with E-state index in [0.717, 1.165) is 42.5 Å². The van der Waals surface area contributed by atoms with Crippen LogP contribution in [0.25, 0.3) is 11.0 Å². The molecule has 152 valence electrons. The van der Waals surface area contributed by atoms with Gasteiger partial charge in [-0.15, -0.1) is 0 Å². The molecule has 2 aliphatic rings. The van der Waals surface area contributed by atoms with Crippen LogP contribution in [0.4, 0.5) is 0 Å². The number of ketones is 1. The molecular formula is C22H32N4O2. The standard InChI is InChI=1S/C20H26N4O2.C2H6/c1-19(2)10-20(3,4)17(25)16-14(19)15-12(23-16)5-6-13(24-15)18(26)22-11-7-8-21-9-11;1-2/h5-6,11,21,23H,7-10H2,1-4H3,(H,22,26);1-2H3. The molecule has 0 spiro atoms. The van der Waals surface area contributed by atoms with E-state index in [1.165, 1.54) is 0 Å². The molecule has 0 bridgehead atoms. The highest BCUT2D eigenvalue weighted by Gasteiger charge is 2.46. The lowest BCUT2D eigenvalue weighted by Crippen LogP contribution is -2.39. The summed E-state index contributed by atoms with van der Waals surface area (Å²) in [5.74, 6) is -0.0383. The summed E-state index contributed by atoms with van der Waals surface area (Å²) < 4.78 is 0. The quantitative estimate of drug-likeness (QED) is 0.739. The summed E-state index contributed by atoms with van der Waals surface area (Å²) in [4.78, 5) is 33.4. The molecular weight excluding hydrogens is 352 g/mol. The maximum atomic E-state index is 12.9. The van der Waals surface area contributed by atoms with E-state index in [1.54, 1.807) is 6.07 Å². The molecule has 1 atom stereocenters. The molecule has 3 N–H and O–H groups in total. The first-order valence-corrected chi connectivity index (χ1v) is 10.3. The molecule has 0 aromatic carbocycles. The first kappa shape index (κ1) is 20.5. The van der Waals surface area contributed by atoms with Crippen LogP contribution in [0, 0.1) is 5.41 Å². The number of aromatic amines is 1. The average Bonchev–Trinajstić information content (AvgIpc) is 3.27. The third-order valence-corrected chi connectivity index (χ3v) is 5.67. The highest BCUT2D eigenvalue weighted by Crippen LogP contribution is 2.47. The number of hydrogen-bond donors (Lipinski definition) is 3. The van der Waals surface area contributed by atoms with Gasteiger partial charge in [-0.3, -0.25) is 9.59 Å². The second-order valence-electron chi connectivity index (χ2n) is 8.90. The summed E-state index contributed by atoms with van der Waals surface area (Å²) in [7, 11) is 0. The zero-order chi connectivity index (χ0) is 20.7. The van der Waals surface area contributed by atoms with Crippen LogP contribution in [-0.2, 0) is 5.41 Å². The van der Waals surface area contributed by atoms with Crippen molar-refractivity contribution in [3.63, 3.8) is 0 Å². The lowest BCUT2D eigenvalue weighted by molar-refractivity contribution is 0.0759. The highest BCUT2D eigenvalue weighted by molar-refractivity contribution is 6.06. The molecule has 1 aliphatic heterocycles. The molecule has 1 unspecified atom stereocenters. The third kappa shape index (κ3) is 3.46. The molecule has 1 saturated heterocycles. The molecule has 0 radical (unpaired) electrons. The van der Waals surface area contributed by atoms with Gasteiger partial charge in [0.15, 0.2) is 5.78 Å². The van der Waals surface area contributed by atoms with E-state index in [-0.39, 0.29) is 23.1 Å². The Morgan fingerprint density at radius 2 is 1.89 bits per heavy atom. The fraction of sp³-hybridized carbons (Fsp3) is 0.591. The lowest BCUT2D eigenvalue weighted by atomic mass is 9.63. The Bertz CT molecular complexity index is 905. The van der Waals surface area contributed by atoms with Crippen molar-refractivity contribution in [3.05, 3.63) is 29.1 Å². The van der Waals surface area contributed by atoms with Crippen LogP contribution in [0.2, 0.25) is 0 Å². The molecule has 28 heavy (non-hydrogen) atoms. The molecule has 1 aliphatic carbocycles. The van der Waals surface area contributed by atoms with E-state index in [2.05, 4.69) is 34.4 Å². The summed E-state index contributed by atoms with van der Waals surface area (Å²) in [6, 6.07) is 3.74. The van der Waals surface area contributed by atoms with E-state index < -0.39 is 5.41 Å². The predicted octanol–water partition coefficient (Wildman–Crippen LogP) is 3.57. The minimum Gasteiger partial charge on any atom is -0.351 e. The largest absolute Gasteiger partial charge is 0.351 e. The first-order valence-electron chi connectivity index (χ1n) is 10.3. The van der Waals surface area contributed by atoms with Gasteiger partial charge in [0.05, 0.1) is 16.7 Å². The minimum absolute atomic E-state index is 0.118. The number of amides is 1. The monoisotopic (exact) mass is 384 g/mol. The Morgan fingerprint density at radius 3 is 2.54 bits per heavy atom. The molecule has 1 fully saturated rings. The van der Waals surface area contributed by atoms with Gasteiger partial charge in [-0.2, -0.15) is 0 Å². The van der Waals surface area contributed by atoms with Gasteiger partial charge in [0.2, 0.25) is 0 Å². The molecule has 0 saturated carbocycles. The maximum Gasteiger partial charge on any atom is 0.270 e. The number of fused-ring (bicyclic) bond motifs is 3. The van der Waals surface area contributed by atoms with Crippen LogP contribution in [0.3, 0.4) is 0 Å². The van der Waals surface area contributed by atoms with Crippen molar-refractivity contribution in [3.8, 4) is 0 Å². The number of pyridine rings is 1. The Kier molecular flexibility index (Phi) is 5.36. The number of carbonyl (C=O) groups is 2. The van der Waals surface area contributed by atoms with Crippen molar-refractivity contribution in [2.75, 3.05) is 13.1 Å². The fourth-order valence-electron chi connectivity index (χ4n) is 4.67. The van der Waals surface area contributed by atoms with E-state index in [9.17, 15) is 9.59 Å². The third-order valence-electron chi connectivity index (χ3n) is 5.67. The van der Waals surface area contributed by atoms with Crippen molar-refractivity contribution in [1.29, 1.82) is 0 Å². The number of rotatable bonds is 2. The lowest BCUT2D eigenvalue weighted by Gasteiger charge is -2.39. The fourth-order valence-corrected chi connectivity index (χ4v) is 4.67. The number of nitrogens with one attached hydrogen (secondary N) is 3. The molecule has 3 heterocycles. The first-order chi connectivity index (χ1) is 13.2. The zero-order valence-corrected chi connectivity index (χ0v) is 17.8. The Morgan fingerprint density at radius 1 is 1.18 bits per heavy atom. The van der Waals surface area contributed by atoms with Crippen molar-refractivity contribution < 1.29 is 9.59 Å². The summed E-state index contributed by atoms with van der Waals surface area (Å²) in [5.41, 5.74) is 2.94. The van der Waals surface area contributed by atoms with Crippen molar-refractivity contribution in [2.24, 2.45) is 5.41 Å². The van der Waals surface area contributed by atoms with Gasteiger partial charge in [0.1, 0.15) is 5.69 Å². The number of nitrogens with zero attached hydrogens (tertiary/aromatic N) is 1. The number of H-pyrrole nitrogens is 1. The van der Waals surface area contributed by atoms with Gasteiger partial charge in [-0.05, 0) is 36.9 Å². The normalized spacial score (nSPS) is 22.4. The van der Waals surface area contributed by atoms with E-state index in [0.29, 0.717) is 11.4 Å². The maximum absolute atomic E-state index is 12.9. The number of hydrogen-bond acceptors (Lipinski definition) is 4. The topological polar surface area (TPSA) is 86.9 Å². The Hall–Kier alpha value is -2.21. The van der Waals surface area contributed by atoms with Crippen LogP contribution < -0.4 is 10.6 Å². The SMILES string of the molecule is CC.CC1(C)CC(C)(C)c2c([nH]c3ccc(C(=O)NC4CCNC4)nc23)C1=O. The molecule has 6 nitrogen and oxygen atoms in total. The summed E-state index contributed by atoms with van der Waals surface area (Å²) in [6.45, 7) is 14.0. The molecule has 6 heteroatoms. The predicted molar refractivity (Wildman–Crippen MR) is 112 cm³/mol. The Balaban J connectivity index is 0.00000109. The van der Waals surface area contributed by atoms with E-state index >= 15 is 0 Å². The van der Waals surface area contributed by atoms with Crippen LogP contribution in [0.1, 0.15) is 80.9 Å². The second kappa shape index (κ2) is 7.32. The summed E-state index contributed by atoms with van der Waals surface area (Å²) in [6.07, 6.45) is 1.69. The van der Waals surface area contributed by atoms with Gasteiger partial charge >= 0.3 is 0 Å². The Labute approximate surface area is 166 Å². The van der Waals surface area contributed by atoms with E-state index in [1.807, 2.05) is 33.8 Å². The number of aromatic nitrogens is 2. The zero-order valence-electron chi connectivity index (χ0n) is 17.8. The van der Waals surface area contributed by atoms with Crippen LogP contribution >= 0.6 is 0 Å². The van der Waals surface area contributed by atoms with Crippen molar-refractivity contribution >= 4 is 22.7 Å². The van der Waals surface area contributed by atoms with Gasteiger partial charge in [0, 0.05) is 23.6 Å². The smallest absolute Gasteiger partial charge is 0.270 e. The van der Waals surface area contributed by atoms with Crippen LogP contribution in [0.5, 0.6) is 0 Å². The molecule has 2 aromatic rings. The van der Waals surface area contributed by atoms with Crippen LogP contribution in [0.15, 0.2) is 12.1 Å². The van der Waals surface area contributed by atoms with Crippen molar-refractivity contribution in [1.82, 2.24) is 20.6 Å². The summed E-state index contributed by atoms with van der Waals surface area (Å²) >= 11 is 0. The van der Waals surface area contributed by atoms with Gasteiger partial charge in [-0.1, -0.05) is 41.5 Å². The van der Waals surface area contributed by atoms with Gasteiger partial charge in [0.25, 0.3) is 5.91 Å². The van der Waals surface area contributed by atoms with Gasteiger partial charge in [-0.25, -0.2) is 4.98 Å². The van der Waals surface area contributed by atoms with Crippen LogP contribution in [-0.4, -0.2) is 40.8 Å². The number of Topliss-reactive ketones (excluding diaryl/α,β-unsaturated/α-hetero) is 1. The minimum atomic E-state index is -0.410. The average molecular weight is 385 g/mol. The highest BCUT2D eigenvalue weighted by atomic mass is 16.2. The van der Waals surface area contributed by atoms with Gasteiger partial charge < -0.3 is 15.6 Å². The molecule has 4 rings (SSSR count). The molecule has 1 amide bonds. The summed E-state index contributed by atoms with van der Waals surface area (Å²) in [5, 5.41) is 6.27. The molecule has 2 aromatic heterocycles. The second-order valence-corrected chi connectivity index (χ2v) is 8.90. The number of carbonyl (C=O) groups excluding carboxylic acids is 2. The van der Waals surface area contributed by atoms with E-state index in [4.69, 9.17) is 0 Å². The van der Waals surface area contributed by atoms with Crippen molar-refractivity contribution in [2.45, 2.75) is 65.8 Å².